The summed E-state index contributed by atoms with van der Waals surface area (Å²) in [4.78, 5) is 0. The average Bonchev–Trinajstić information content (AvgIpc) is 2.17. The van der Waals surface area contributed by atoms with E-state index in [1.54, 1.807) is 6.07 Å². The molecule has 0 aliphatic rings. The molecule has 80 valence electrons. The minimum atomic E-state index is -2.52. The Morgan fingerprint density at radius 3 is 2.60 bits per heavy atom. The van der Waals surface area contributed by atoms with Gasteiger partial charge < -0.3 is 5.73 Å². The second-order valence-corrected chi connectivity index (χ2v) is 3.08. The average molecular weight is 214 g/mol. The van der Waals surface area contributed by atoms with Crippen molar-refractivity contribution in [2.75, 3.05) is 0 Å². The van der Waals surface area contributed by atoms with Gasteiger partial charge in [0.25, 0.3) is 0 Å². The second-order valence-electron chi connectivity index (χ2n) is 3.08. The Morgan fingerprint density at radius 2 is 2.07 bits per heavy atom. The number of nitrogens with zero attached hydrogens (tertiary/aromatic N) is 1. The molecule has 0 fully saturated rings. The predicted molar refractivity (Wildman–Crippen MR) is 48.7 cm³/mol. The van der Waals surface area contributed by atoms with Crippen LogP contribution in [0.5, 0.6) is 0 Å². The van der Waals surface area contributed by atoms with Crippen LogP contribution in [0.15, 0.2) is 18.2 Å². The molecular weight excluding hydrogens is 205 g/mol. The Labute approximate surface area is 85.1 Å². The van der Waals surface area contributed by atoms with Gasteiger partial charge >= 0.3 is 0 Å². The SMILES string of the molecule is N#Cc1cc([C@@H](N)CC(F)F)ccc1F. The zero-order valence-corrected chi connectivity index (χ0v) is 7.75. The molecule has 0 amide bonds. The van der Waals surface area contributed by atoms with E-state index in [4.69, 9.17) is 11.0 Å². The molecule has 0 saturated carbocycles. The molecular formula is C10H9F3N2. The van der Waals surface area contributed by atoms with Crippen molar-refractivity contribution < 1.29 is 13.2 Å². The summed E-state index contributed by atoms with van der Waals surface area (Å²) in [5, 5.41) is 8.53. The Balaban J connectivity index is 2.92. The molecule has 1 aromatic rings. The lowest BCUT2D eigenvalue weighted by molar-refractivity contribution is 0.128. The Kier molecular flexibility index (Phi) is 3.69. The highest BCUT2D eigenvalue weighted by atomic mass is 19.3. The van der Waals surface area contributed by atoms with Crippen LogP contribution in [0, 0.1) is 17.1 Å². The van der Waals surface area contributed by atoms with Gasteiger partial charge in [0.05, 0.1) is 5.56 Å². The van der Waals surface area contributed by atoms with Crippen LogP contribution in [0.3, 0.4) is 0 Å². The van der Waals surface area contributed by atoms with Crippen LogP contribution in [-0.2, 0) is 0 Å². The Hall–Kier alpha value is -1.54. The molecule has 0 radical (unpaired) electrons. The summed E-state index contributed by atoms with van der Waals surface area (Å²) in [6, 6.07) is 4.31. The molecule has 1 rings (SSSR count). The third-order valence-corrected chi connectivity index (χ3v) is 1.97. The third-order valence-electron chi connectivity index (χ3n) is 1.97. The maximum atomic E-state index is 12.9. The summed E-state index contributed by atoms with van der Waals surface area (Å²) in [5.74, 6) is -0.675. The third kappa shape index (κ3) is 2.96. The summed E-state index contributed by atoms with van der Waals surface area (Å²) in [6.07, 6.45) is -3.02. The van der Waals surface area contributed by atoms with Crippen molar-refractivity contribution >= 4 is 0 Å². The fraction of sp³-hybridized carbons (Fsp3) is 0.300. The van der Waals surface area contributed by atoms with Crippen LogP contribution < -0.4 is 5.73 Å². The van der Waals surface area contributed by atoms with Gasteiger partial charge in [-0.15, -0.1) is 0 Å². The van der Waals surface area contributed by atoms with E-state index >= 15 is 0 Å². The van der Waals surface area contributed by atoms with E-state index in [1.165, 1.54) is 12.1 Å². The van der Waals surface area contributed by atoms with Crippen LogP contribution in [0.2, 0.25) is 0 Å². The van der Waals surface area contributed by atoms with Crippen LogP contribution in [-0.4, -0.2) is 6.43 Å². The van der Waals surface area contributed by atoms with Gasteiger partial charge in [-0.1, -0.05) is 6.07 Å². The van der Waals surface area contributed by atoms with Gasteiger partial charge in [-0.2, -0.15) is 5.26 Å². The Morgan fingerprint density at radius 1 is 1.40 bits per heavy atom. The molecule has 0 aliphatic heterocycles. The van der Waals surface area contributed by atoms with E-state index in [9.17, 15) is 13.2 Å². The molecule has 0 aromatic heterocycles. The van der Waals surface area contributed by atoms with Crippen molar-refractivity contribution in [2.24, 2.45) is 5.73 Å². The van der Waals surface area contributed by atoms with E-state index in [-0.39, 0.29) is 5.56 Å². The first-order chi connectivity index (χ1) is 7.04. The second kappa shape index (κ2) is 4.80. The zero-order chi connectivity index (χ0) is 11.4. The number of nitrogens with two attached hydrogens (primary N) is 1. The number of rotatable bonds is 3. The lowest BCUT2D eigenvalue weighted by atomic mass is 10.0. The largest absolute Gasteiger partial charge is 0.324 e. The molecule has 1 aromatic carbocycles. The smallest absolute Gasteiger partial charge is 0.240 e. The van der Waals surface area contributed by atoms with Gasteiger partial charge in [0, 0.05) is 12.5 Å². The first kappa shape index (κ1) is 11.5. The maximum Gasteiger partial charge on any atom is 0.240 e. The lowest BCUT2D eigenvalue weighted by Gasteiger charge is -2.11. The van der Waals surface area contributed by atoms with Crippen molar-refractivity contribution in [1.82, 2.24) is 0 Å². The number of benzene rings is 1. The lowest BCUT2D eigenvalue weighted by Crippen LogP contribution is -2.14. The number of halogens is 3. The highest BCUT2D eigenvalue weighted by Crippen LogP contribution is 2.20. The minimum absolute atomic E-state index is 0.183. The van der Waals surface area contributed by atoms with Gasteiger partial charge in [0.2, 0.25) is 6.43 Å². The molecule has 15 heavy (non-hydrogen) atoms. The molecule has 2 N–H and O–H groups in total. The summed E-state index contributed by atoms with van der Waals surface area (Å²) < 4.78 is 36.9. The summed E-state index contributed by atoms with van der Waals surface area (Å²) in [7, 11) is 0. The van der Waals surface area contributed by atoms with Crippen LogP contribution in [0.4, 0.5) is 13.2 Å². The van der Waals surface area contributed by atoms with Crippen LogP contribution in [0.1, 0.15) is 23.6 Å². The summed E-state index contributed by atoms with van der Waals surface area (Å²) in [6.45, 7) is 0. The highest BCUT2D eigenvalue weighted by Gasteiger charge is 2.14. The Bertz CT molecular complexity index is 385. The van der Waals surface area contributed by atoms with E-state index in [1.807, 2.05) is 0 Å². The fourth-order valence-corrected chi connectivity index (χ4v) is 1.19. The molecule has 0 heterocycles. The predicted octanol–water partition coefficient (Wildman–Crippen LogP) is 2.35. The fourth-order valence-electron chi connectivity index (χ4n) is 1.19. The van der Waals surface area contributed by atoms with Crippen LogP contribution >= 0.6 is 0 Å². The van der Waals surface area contributed by atoms with Gasteiger partial charge in [-0.3, -0.25) is 0 Å². The van der Waals surface area contributed by atoms with Crippen molar-refractivity contribution in [3.05, 3.63) is 35.1 Å². The quantitative estimate of drug-likeness (QED) is 0.839. The maximum absolute atomic E-state index is 12.9. The molecule has 0 spiro atoms. The van der Waals surface area contributed by atoms with E-state index in [0.717, 1.165) is 6.07 Å². The molecule has 0 unspecified atom stereocenters. The monoisotopic (exact) mass is 214 g/mol. The standard InChI is InChI=1S/C10H9F3N2/c11-8-2-1-6(3-7(8)5-14)9(15)4-10(12)13/h1-3,9-10H,4,15H2/t9-/m0/s1. The van der Waals surface area contributed by atoms with Crippen molar-refractivity contribution in [3.8, 4) is 6.07 Å². The first-order valence-electron chi connectivity index (χ1n) is 4.28. The van der Waals surface area contributed by atoms with Gasteiger partial charge in [0.15, 0.2) is 0 Å². The van der Waals surface area contributed by atoms with Crippen molar-refractivity contribution in [2.45, 2.75) is 18.9 Å². The summed E-state index contributed by atoms with van der Waals surface area (Å²) >= 11 is 0. The van der Waals surface area contributed by atoms with Crippen molar-refractivity contribution in [1.29, 1.82) is 5.26 Å². The number of hydrogen-bond acceptors (Lipinski definition) is 2. The molecule has 0 saturated heterocycles. The molecule has 1 atom stereocenters. The van der Waals surface area contributed by atoms with Gasteiger partial charge in [0.1, 0.15) is 11.9 Å². The molecule has 2 nitrogen and oxygen atoms in total. The van der Waals surface area contributed by atoms with E-state index in [0.29, 0.717) is 5.56 Å². The van der Waals surface area contributed by atoms with Gasteiger partial charge in [-0.05, 0) is 17.7 Å². The van der Waals surface area contributed by atoms with Crippen LogP contribution in [0.25, 0.3) is 0 Å². The minimum Gasteiger partial charge on any atom is -0.324 e. The normalized spacial score (nSPS) is 12.5. The van der Waals surface area contributed by atoms with Gasteiger partial charge in [-0.25, -0.2) is 13.2 Å². The first-order valence-corrected chi connectivity index (χ1v) is 4.28. The molecule has 0 aliphatic carbocycles. The summed E-state index contributed by atoms with van der Waals surface area (Å²) in [5.41, 5.74) is 5.62. The molecule has 0 bridgehead atoms. The highest BCUT2D eigenvalue weighted by molar-refractivity contribution is 5.35. The topological polar surface area (TPSA) is 49.8 Å². The number of alkyl halides is 2. The zero-order valence-electron chi connectivity index (χ0n) is 7.75. The van der Waals surface area contributed by atoms with E-state index in [2.05, 4.69) is 0 Å². The van der Waals surface area contributed by atoms with E-state index < -0.39 is 24.7 Å². The number of nitriles is 1. The van der Waals surface area contributed by atoms with Crippen molar-refractivity contribution in [3.63, 3.8) is 0 Å². The molecule has 5 heteroatoms. The number of hydrogen-bond donors (Lipinski definition) is 1.